The molecule has 0 saturated carbocycles. The summed E-state index contributed by atoms with van der Waals surface area (Å²) in [6, 6.07) is 12.4. The highest BCUT2D eigenvalue weighted by atomic mass is 32.2. The summed E-state index contributed by atoms with van der Waals surface area (Å²) in [4.78, 5) is 12.5. The largest absolute Gasteiger partial charge is 0.350 e. The van der Waals surface area contributed by atoms with Crippen LogP contribution >= 0.6 is 11.8 Å². The zero-order valence-electron chi connectivity index (χ0n) is 12.4. The zero-order chi connectivity index (χ0) is 14.8. The Bertz CT molecular complexity index is 663. The van der Waals surface area contributed by atoms with E-state index in [1.807, 2.05) is 13.1 Å². The Labute approximate surface area is 129 Å². The van der Waals surface area contributed by atoms with Crippen LogP contribution < -0.4 is 5.32 Å². The molecule has 2 aromatic rings. The van der Waals surface area contributed by atoms with Crippen LogP contribution in [-0.2, 0) is 24.8 Å². The molecule has 1 aromatic heterocycles. The van der Waals surface area contributed by atoms with Gasteiger partial charge in [0.1, 0.15) is 5.25 Å². The number of hydrogen-bond donors (Lipinski definition) is 1. The van der Waals surface area contributed by atoms with Crippen LogP contribution in [0.5, 0.6) is 0 Å². The monoisotopic (exact) mass is 300 g/mol. The predicted molar refractivity (Wildman–Crippen MR) is 87.3 cm³/mol. The number of aryl methyl sites for hydroxylation is 2. The van der Waals surface area contributed by atoms with Gasteiger partial charge in [0, 0.05) is 18.4 Å². The normalized spacial score (nSPS) is 17.3. The van der Waals surface area contributed by atoms with E-state index >= 15 is 0 Å². The molecule has 1 amide bonds. The maximum Gasteiger partial charge on any atom is 0.237 e. The second kappa shape index (κ2) is 5.98. The van der Waals surface area contributed by atoms with Gasteiger partial charge >= 0.3 is 0 Å². The molecule has 1 unspecified atom stereocenters. The van der Waals surface area contributed by atoms with Gasteiger partial charge < -0.3 is 9.88 Å². The molecule has 0 bridgehead atoms. The summed E-state index contributed by atoms with van der Waals surface area (Å²) < 4.78 is 2.11. The molecule has 0 aliphatic carbocycles. The maximum absolute atomic E-state index is 12.5. The molecule has 1 aliphatic heterocycles. The Morgan fingerprint density at radius 3 is 2.90 bits per heavy atom. The predicted octanol–water partition coefficient (Wildman–Crippen LogP) is 2.98. The lowest BCUT2D eigenvalue weighted by Crippen LogP contribution is -2.30. The average Bonchev–Trinajstić information content (AvgIpc) is 2.84. The van der Waals surface area contributed by atoms with Crippen LogP contribution in [-0.4, -0.2) is 16.2 Å². The quantitative estimate of drug-likeness (QED) is 0.945. The molecule has 1 aromatic carbocycles. The Morgan fingerprint density at radius 1 is 1.33 bits per heavy atom. The molecule has 3 nitrogen and oxygen atoms in total. The van der Waals surface area contributed by atoms with E-state index in [4.69, 9.17) is 0 Å². The third kappa shape index (κ3) is 2.86. The minimum absolute atomic E-state index is 0.0729. The third-order valence-electron chi connectivity index (χ3n) is 4.15. The fourth-order valence-corrected chi connectivity index (χ4v) is 3.94. The first-order valence-corrected chi connectivity index (χ1v) is 8.30. The van der Waals surface area contributed by atoms with Crippen molar-refractivity contribution in [1.82, 2.24) is 9.88 Å². The van der Waals surface area contributed by atoms with Crippen molar-refractivity contribution in [2.24, 2.45) is 7.05 Å². The molecule has 0 spiro atoms. The molecule has 0 radical (unpaired) electrons. The molecule has 0 fully saturated rings. The van der Waals surface area contributed by atoms with E-state index in [2.05, 4.69) is 47.1 Å². The summed E-state index contributed by atoms with van der Waals surface area (Å²) in [6.45, 7) is 2.65. The van der Waals surface area contributed by atoms with Crippen LogP contribution in [0.1, 0.15) is 27.8 Å². The Kier molecular flexibility index (Phi) is 4.06. The fraction of sp³-hybridized carbons (Fsp3) is 0.353. The van der Waals surface area contributed by atoms with Gasteiger partial charge in [0.15, 0.2) is 0 Å². The Hall–Kier alpha value is -1.68. The number of nitrogens with zero attached hydrogens (tertiary/aromatic N) is 1. The highest BCUT2D eigenvalue weighted by Crippen LogP contribution is 2.36. The number of benzene rings is 1. The van der Waals surface area contributed by atoms with Gasteiger partial charge in [0.25, 0.3) is 0 Å². The van der Waals surface area contributed by atoms with Crippen molar-refractivity contribution in [3.8, 4) is 0 Å². The number of carbonyl (C=O) groups excluding carboxylic acids is 1. The van der Waals surface area contributed by atoms with E-state index < -0.39 is 0 Å². The van der Waals surface area contributed by atoms with Crippen molar-refractivity contribution in [2.75, 3.05) is 5.75 Å². The van der Waals surface area contributed by atoms with Gasteiger partial charge in [0.05, 0.1) is 6.54 Å². The summed E-state index contributed by atoms with van der Waals surface area (Å²) >= 11 is 1.74. The first-order chi connectivity index (χ1) is 10.2. The molecule has 2 heterocycles. The van der Waals surface area contributed by atoms with Crippen molar-refractivity contribution in [2.45, 2.75) is 25.1 Å². The first kappa shape index (κ1) is 14.3. The van der Waals surface area contributed by atoms with Crippen LogP contribution in [0.4, 0.5) is 0 Å². The number of hydrogen-bond acceptors (Lipinski definition) is 2. The summed E-state index contributed by atoms with van der Waals surface area (Å²) in [7, 11) is 2.03. The number of amides is 1. The standard InChI is InChI=1S/C17H20N2OS/c1-12-7-8-14(19(12)2)11-18-17(20)16-15-6-4-3-5-13(15)9-10-21-16/h3-8,16H,9-11H2,1-2H3,(H,18,20). The van der Waals surface area contributed by atoms with Gasteiger partial charge in [-0.3, -0.25) is 4.79 Å². The van der Waals surface area contributed by atoms with E-state index in [0.717, 1.165) is 17.9 Å². The number of aromatic nitrogens is 1. The lowest BCUT2D eigenvalue weighted by atomic mass is 10.0. The Morgan fingerprint density at radius 2 is 2.14 bits per heavy atom. The molecule has 3 rings (SSSR count). The van der Waals surface area contributed by atoms with Crippen molar-refractivity contribution < 1.29 is 4.79 Å². The SMILES string of the molecule is Cc1ccc(CNC(=O)C2SCCc3ccccc32)n1C. The van der Waals surface area contributed by atoms with Gasteiger partial charge in [-0.25, -0.2) is 0 Å². The minimum atomic E-state index is -0.0729. The average molecular weight is 300 g/mol. The van der Waals surface area contributed by atoms with E-state index in [0.29, 0.717) is 6.54 Å². The van der Waals surface area contributed by atoms with Gasteiger partial charge in [-0.15, -0.1) is 11.8 Å². The van der Waals surface area contributed by atoms with Crippen LogP contribution in [0.25, 0.3) is 0 Å². The lowest BCUT2D eigenvalue weighted by molar-refractivity contribution is -0.120. The molecular weight excluding hydrogens is 280 g/mol. The van der Waals surface area contributed by atoms with Gasteiger partial charge in [-0.2, -0.15) is 0 Å². The van der Waals surface area contributed by atoms with Crippen molar-refractivity contribution in [3.05, 3.63) is 58.9 Å². The molecule has 21 heavy (non-hydrogen) atoms. The zero-order valence-corrected chi connectivity index (χ0v) is 13.2. The summed E-state index contributed by atoms with van der Waals surface area (Å²) in [6.07, 6.45) is 1.06. The number of carbonyl (C=O) groups is 1. The lowest BCUT2D eigenvalue weighted by Gasteiger charge is -2.24. The van der Waals surface area contributed by atoms with Crippen LogP contribution in [0.3, 0.4) is 0 Å². The number of nitrogens with one attached hydrogen (secondary N) is 1. The summed E-state index contributed by atoms with van der Waals surface area (Å²) in [5.41, 5.74) is 4.83. The highest BCUT2D eigenvalue weighted by molar-refractivity contribution is 8.00. The van der Waals surface area contributed by atoms with E-state index in [1.54, 1.807) is 11.8 Å². The third-order valence-corrected chi connectivity index (χ3v) is 5.39. The molecule has 1 aliphatic rings. The topological polar surface area (TPSA) is 34.0 Å². The fourth-order valence-electron chi connectivity index (χ4n) is 2.73. The van der Waals surface area contributed by atoms with Crippen LogP contribution in [0, 0.1) is 6.92 Å². The van der Waals surface area contributed by atoms with E-state index in [1.165, 1.54) is 16.8 Å². The molecule has 1 atom stereocenters. The molecule has 1 N–H and O–H groups in total. The van der Waals surface area contributed by atoms with Gasteiger partial charge in [-0.05, 0) is 42.4 Å². The van der Waals surface area contributed by atoms with E-state index in [9.17, 15) is 4.79 Å². The van der Waals surface area contributed by atoms with Crippen molar-refractivity contribution >= 4 is 17.7 Å². The second-order valence-corrected chi connectivity index (χ2v) is 6.66. The van der Waals surface area contributed by atoms with Crippen LogP contribution in [0.15, 0.2) is 36.4 Å². The number of fused-ring (bicyclic) bond motifs is 1. The van der Waals surface area contributed by atoms with Crippen LogP contribution in [0.2, 0.25) is 0 Å². The van der Waals surface area contributed by atoms with Crippen molar-refractivity contribution in [1.29, 1.82) is 0 Å². The molecule has 110 valence electrons. The summed E-state index contributed by atoms with van der Waals surface area (Å²) in [5, 5.41) is 3.01. The van der Waals surface area contributed by atoms with Gasteiger partial charge in [-0.1, -0.05) is 24.3 Å². The molecule has 0 saturated heterocycles. The smallest absolute Gasteiger partial charge is 0.237 e. The summed E-state index contributed by atoms with van der Waals surface area (Å²) in [5.74, 6) is 1.13. The first-order valence-electron chi connectivity index (χ1n) is 7.25. The number of thioether (sulfide) groups is 1. The molecule has 4 heteroatoms. The van der Waals surface area contributed by atoms with Crippen molar-refractivity contribution in [3.63, 3.8) is 0 Å². The minimum Gasteiger partial charge on any atom is -0.350 e. The van der Waals surface area contributed by atoms with Gasteiger partial charge in [0.2, 0.25) is 5.91 Å². The molecular formula is C17H20N2OS. The van der Waals surface area contributed by atoms with E-state index in [-0.39, 0.29) is 11.2 Å². The second-order valence-electron chi connectivity index (χ2n) is 5.44. The Balaban J connectivity index is 1.71. The number of rotatable bonds is 3. The highest BCUT2D eigenvalue weighted by Gasteiger charge is 2.26. The maximum atomic E-state index is 12.5.